The van der Waals surface area contributed by atoms with Crippen molar-refractivity contribution in [2.24, 2.45) is 5.41 Å². The quantitative estimate of drug-likeness (QED) is 0.224. The number of aromatic nitrogens is 6. The van der Waals surface area contributed by atoms with Gasteiger partial charge in [-0.05, 0) is 57.4 Å². The van der Waals surface area contributed by atoms with Crippen LogP contribution in [-0.2, 0) is 0 Å². The minimum absolute atomic E-state index is 0.0608. The maximum absolute atomic E-state index is 5.05. The van der Waals surface area contributed by atoms with E-state index >= 15 is 0 Å². The van der Waals surface area contributed by atoms with Gasteiger partial charge < -0.3 is 15.2 Å². The normalized spacial score (nSPS) is 14.9. The highest BCUT2D eigenvalue weighted by Crippen LogP contribution is 2.31. The van der Waals surface area contributed by atoms with E-state index in [-0.39, 0.29) is 5.41 Å². The van der Waals surface area contributed by atoms with Gasteiger partial charge in [-0.3, -0.25) is 10.1 Å². The SMILES string of the molecule is C=C(Nc1cncc(-c2ccc3[nH]nc(-c4nc(/C(=C\C=C/C)N5CCCCC5)c(C)[nH]4)c3n2)c1)C(C)(C)C. The number of rotatable bonds is 7. The van der Waals surface area contributed by atoms with Gasteiger partial charge in [0.2, 0.25) is 0 Å². The number of aromatic amines is 2. The molecule has 5 rings (SSSR count). The number of hydrogen-bond acceptors (Lipinski definition) is 6. The van der Waals surface area contributed by atoms with Crippen LogP contribution in [0, 0.1) is 12.3 Å². The molecule has 4 aromatic heterocycles. The molecule has 3 N–H and O–H groups in total. The Bertz CT molecular complexity index is 1540. The van der Waals surface area contributed by atoms with Crippen LogP contribution in [0.2, 0.25) is 0 Å². The number of anilines is 1. The summed E-state index contributed by atoms with van der Waals surface area (Å²) in [4.78, 5) is 20.4. The van der Waals surface area contributed by atoms with Crippen LogP contribution in [0.25, 0.3) is 39.5 Å². The molecule has 202 valence electrons. The van der Waals surface area contributed by atoms with E-state index in [2.05, 4.69) is 82.9 Å². The molecule has 8 nitrogen and oxygen atoms in total. The highest BCUT2D eigenvalue weighted by atomic mass is 15.2. The number of aryl methyl sites for hydroxylation is 1. The van der Waals surface area contributed by atoms with Crippen LogP contribution >= 0.6 is 0 Å². The molecular weight excluding hydrogens is 484 g/mol. The first-order valence-corrected chi connectivity index (χ1v) is 13.7. The van der Waals surface area contributed by atoms with E-state index in [9.17, 15) is 0 Å². The lowest BCUT2D eigenvalue weighted by atomic mass is 9.93. The summed E-state index contributed by atoms with van der Waals surface area (Å²) in [6.07, 6.45) is 13.6. The first-order valence-electron chi connectivity index (χ1n) is 13.7. The molecule has 39 heavy (non-hydrogen) atoms. The van der Waals surface area contributed by atoms with Crippen LogP contribution in [0.15, 0.2) is 61.1 Å². The Morgan fingerprint density at radius 3 is 2.64 bits per heavy atom. The summed E-state index contributed by atoms with van der Waals surface area (Å²) < 4.78 is 0. The largest absolute Gasteiger partial charge is 0.370 e. The number of nitrogens with zero attached hydrogens (tertiary/aromatic N) is 5. The summed E-state index contributed by atoms with van der Waals surface area (Å²) in [6.45, 7) is 16.8. The number of allylic oxidation sites excluding steroid dienone is 4. The number of hydrogen-bond donors (Lipinski definition) is 3. The minimum atomic E-state index is -0.0608. The molecule has 5 heterocycles. The maximum Gasteiger partial charge on any atom is 0.161 e. The molecular formula is C31H38N8. The van der Waals surface area contributed by atoms with E-state index in [1.807, 2.05) is 31.3 Å². The minimum Gasteiger partial charge on any atom is -0.370 e. The molecule has 0 atom stereocenters. The van der Waals surface area contributed by atoms with Crippen molar-refractivity contribution in [1.29, 1.82) is 0 Å². The zero-order valence-corrected chi connectivity index (χ0v) is 23.6. The molecule has 1 saturated heterocycles. The van der Waals surface area contributed by atoms with E-state index in [0.717, 1.165) is 63.8 Å². The number of imidazole rings is 1. The highest BCUT2D eigenvalue weighted by Gasteiger charge is 2.22. The van der Waals surface area contributed by atoms with Gasteiger partial charge in [0, 0.05) is 41.7 Å². The molecule has 0 aliphatic carbocycles. The summed E-state index contributed by atoms with van der Waals surface area (Å²) in [7, 11) is 0. The molecule has 0 saturated carbocycles. The summed E-state index contributed by atoms with van der Waals surface area (Å²) >= 11 is 0. The first kappa shape index (κ1) is 26.4. The van der Waals surface area contributed by atoms with Crippen molar-refractivity contribution in [3.63, 3.8) is 0 Å². The van der Waals surface area contributed by atoms with E-state index in [0.29, 0.717) is 11.5 Å². The van der Waals surface area contributed by atoms with Gasteiger partial charge in [-0.25, -0.2) is 9.97 Å². The monoisotopic (exact) mass is 522 g/mol. The fourth-order valence-electron chi connectivity index (χ4n) is 4.71. The van der Waals surface area contributed by atoms with Crippen LogP contribution in [0.3, 0.4) is 0 Å². The topological polar surface area (TPSA) is 98.4 Å². The zero-order chi connectivity index (χ0) is 27.6. The van der Waals surface area contributed by atoms with E-state index in [4.69, 9.17) is 9.97 Å². The third kappa shape index (κ3) is 5.65. The van der Waals surface area contributed by atoms with Gasteiger partial charge in [0.25, 0.3) is 0 Å². The lowest BCUT2D eigenvalue weighted by molar-refractivity contribution is 0.325. The first-order chi connectivity index (χ1) is 18.7. The molecule has 1 aliphatic rings. The molecule has 0 amide bonds. The van der Waals surface area contributed by atoms with Crippen LogP contribution < -0.4 is 5.32 Å². The summed E-state index contributed by atoms with van der Waals surface area (Å²) in [5, 5.41) is 11.1. The lowest BCUT2D eigenvalue weighted by Crippen LogP contribution is -2.28. The fourth-order valence-corrected chi connectivity index (χ4v) is 4.71. The van der Waals surface area contributed by atoms with Crippen LogP contribution in [0.1, 0.15) is 58.3 Å². The van der Waals surface area contributed by atoms with Gasteiger partial charge >= 0.3 is 0 Å². The molecule has 8 heteroatoms. The van der Waals surface area contributed by atoms with Crippen molar-refractivity contribution < 1.29 is 0 Å². The van der Waals surface area contributed by atoms with Gasteiger partial charge in [-0.15, -0.1) is 0 Å². The summed E-state index contributed by atoms with van der Waals surface area (Å²) in [6, 6.07) is 6.03. The molecule has 0 spiro atoms. The van der Waals surface area contributed by atoms with Gasteiger partial charge in [-0.2, -0.15) is 5.10 Å². The van der Waals surface area contributed by atoms with Crippen molar-refractivity contribution in [1.82, 2.24) is 35.0 Å². The molecule has 0 aromatic carbocycles. The van der Waals surface area contributed by atoms with Crippen molar-refractivity contribution in [3.05, 3.63) is 72.5 Å². The van der Waals surface area contributed by atoms with Gasteiger partial charge in [0.05, 0.1) is 28.8 Å². The average molecular weight is 523 g/mol. The number of pyridine rings is 2. The summed E-state index contributed by atoms with van der Waals surface area (Å²) in [5.74, 6) is 0.705. The molecule has 0 radical (unpaired) electrons. The number of likely N-dealkylation sites (tertiary alicyclic amines) is 1. The molecule has 0 unspecified atom stereocenters. The molecule has 1 aliphatic heterocycles. The van der Waals surface area contributed by atoms with E-state index in [1.165, 1.54) is 19.3 Å². The number of piperidine rings is 1. The van der Waals surface area contributed by atoms with Gasteiger partial charge in [0.15, 0.2) is 11.5 Å². The molecule has 1 fully saturated rings. The Balaban J connectivity index is 1.50. The standard InChI is InChI=1S/C31H38N8/c1-7-8-12-26(39-15-10-9-11-16-39)27-20(2)33-30(36-27)29-28-25(37-38-29)14-13-24(35-28)22-17-23(19-32-18-22)34-21(3)31(4,5)6/h7-8,12-14,17-19,34H,3,9-11,15-16H2,1-2,4-6H3,(H,33,36)(H,37,38)/b8-7-,26-12+. The molecule has 0 bridgehead atoms. The average Bonchev–Trinajstić information content (AvgIpc) is 3.52. The lowest BCUT2D eigenvalue weighted by Gasteiger charge is -2.30. The Kier molecular flexibility index (Phi) is 7.37. The van der Waals surface area contributed by atoms with Crippen molar-refractivity contribution in [2.75, 3.05) is 18.4 Å². The third-order valence-corrected chi connectivity index (χ3v) is 7.14. The second-order valence-electron chi connectivity index (χ2n) is 11.2. The Morgan fingerprint density at radius 2 is 1.90 bits per heavy atom. The van der Waals surface area contributed by atoms with Gasteiger partial charge in [-0.1, -0.05) is 39.5 Å². The van der Waals surface area contributed by atoms with Crippen molar-refractivity contribution >= 4 is 22.4 Å². The second kappa shape index (κ2) is 10.9. The number of H-pyrrole nitrogens is 2. The molecule has 4 aromatic rings. The predicted octanol–water partition coefficient (Wildman–Crippen LogP) is 7.09. The fraction of sp³-hybridized carbons (Fsp3) is 0.355. The second-order valence-corrected chi connectivity index (χ2v) is 11.2. The smallest absolute Gasteiger partial charge is 0.161 e. The Morgan fingerprint density at radius 1 is 1.10 bits per heavy atom. The number of nitrogens with one attached hydrogen (secondary N) is 3. The van der Waals surface area contributed by atoms with E-state index in [1.54, 1.807) is 6.20 Å². The predicted molar refractivity (Wildman–Crippen MR) is 160 cm³/mol. The number of fused-ring (bicyclic) bond motifs is 1. The van der Waals surface area contributed by atoms with Crippen LogP contribution in [0.4, 0.5) is 5.69 Å². The highest BCUT2D eigenvalue weighted by molar-refractivity contribution is 5.89. The van der Waals surface area contributed by atoms with Crippen LogP contribution in [-0.4, -0.2) is 48.1 Å². The van der Waals surface area contributed by atoms with Crippen molar-refractivity contribution in [3.8, 4) is 22.8 Å². The van der Waals surface area contributed by atoms with Crippen molar-refractivity contribution in [2.45, 2.75) is 53.9 Å². The third-order valence-electron chi connectivity index (χ3n) is 7.14. The Hall–Kier alpha value is -4.20. The summed E-state index contributed by atoms with van der Waals surface area (Å²) in [5.41, 5.74) is 8.92. The zero-order valence-electron chi connectivity index (χ0n) is 23.6. The van der Waals surface area contributed by atoms with Gasteiger partial charge in [0.1, 0.15) is 11.2 Å². The maximum atomic E-state index is 5.05. The Labute approximate surface area is 230 Å². The van der Waals surface area contributed by atoms with E-state index < -0.39 is 0 Å². The van der Waals surface area contributed by atoms with Crippen LogP contribution in [0.5, 0.6) is 0 Å².